The lowest BCUT2D eigenvalue weighted by molar-refractivity contribution is 0.400. The molecule has 0 spiro atoms. The van der Waals surface area contributed by atoms with Crippen LogP contribution in [-0.4, -0.2) is 13.7 Å². The normalized spacial score (nSPS) is 22.9. The lowest BCUT2D eigenvalue weighted by Crippen LogP contribution is -2.19. The molecule has 1 aromatic carbocycles. The zero-order chi connectivity index (χ0) is 12.5. The van der Waals surface area contributed by atoms with Crippen LogP contribution in [0.1, 0.15) is 54.0 Å². The molecular weight excluding hydrogens is 222 g/mol. The SMILES string of the molecule is COc1cc(C)c2c(c1C1CCCN1)CCCC2. The van der Waals surface area contributed by atoms with Gasteiger partial charge in [0, 0.05) is 11.6 Å². The summed E-state index contributed by atoms with van der Waals surface area (Å²) in [5, 5.41) is 3.64. The maximum Gasteiger partial charge on any atom is 0.124 e. The van der Waals surface area contributed by atoms with Gasteiger partial charge in [-0.15, -0.1) is 0 Å². The third-order valence-electron chi connectivity index (χ3n) is 4.51. The number of aryl methyl sites for hydroxylation is 1. The van der Waals surface area contributed by atoms with E-state index in [1.54, 1.807) is 11.1 Å². The van der Waals surface area contributed by atoms with Gasteiger partial charge in [-0.3, -0.25) is 0 Å². The number of fused-ring (bicyclic) bond motifs is 1. The van der Waals surface area contributed by atoms with Crippen LogP contribution in [-0.2, 0) is 12.8 Å². The van der Waals surface area contributed by atoms with Gasteiger partial charge in [0.1, 0.15) is 5.75 Å². The maximum atomic E-state index is 5.66. The van der Waals surface area contributed by atoms with Crippen molar-refractivity contribution in [2.45, 2.75) is 51.5 Å². The lowest BCUT2D eigenvalue weighted by Gasteiger charge is -2.27. The second-order valence-electron chi connectivity index (χ2n) is 5.62. The summed E-state index contributed by atoms with van der Waals surface area (Å²) in [6.07, 6.45) is 7.71. The minimum Gasteiger partial charge on any atom is -0.496 e. The second-order valence-corrected chi connectivity index (χ2v) is 5.62. The Hall–Kier alpha value is -1.02. The van der Waals surface area contributed by atoms with Crippen LogP contribution in [0.4, 0.5) is 0 Å². The summed E-state index contributed by atoms with van der Waals surface area (Å²) in [6.45, 7) is 3.38. The van der Waals surface area contributed by atoms with Crippen LogP contribution >= 0.6 is 0 Å². The number of ether oxygens (including phenoxy) is 1. The molecule has 1 aliphatic carbocycles. The number of rotatable bonds is 2. The van der Waals surface area contributed by atoms with Gasteiger partial charge in [0.05, 0.1) is 7.11 Å². The first kappa shape index (κ1) is 12.0. The Kier molecular flexibility index (Phi) is 3.29. The average Bonchev–Trinajstić information content (AvgIpc) is 2.92. The molecule has 0 radical (unpaired) electrons. The minimum absolute atomic E-state index is 0.521. The van der Waals surface area contributed by atoms with E-state index in [0.717, 1.165) is 12.3 Å². The van der Waals surface area contributed by atoms with Crippen molar-refractivity contribution in [1.82, 2.24) is 5.32 Å². The Balaban J connectivity index is 2.13. The molecule has 2 nitrogen and oxygen atoms in total. The van der Waals surface area contributed by atoms with Gasteiger partial charge < -0.3 is 10.1 Å². The van der Waals surface area contributed by atoms with Crippen LogP contribution in [0.15, 0.2) is 6.07 Å². The number of benzene rings is 1. The summed E-state index contributed by atoms with van der Waals surface area (Å²) in [6, 6.07) is 2.77. The molecule has 1 N–H and O–H groups in total. The maximum absolute atomic E-state index is 5.66. The van der Waals surface area contributed by atoms with Crippen LogP contribution in [0.2, 0.25) is 0 Å². The van der Waals surface area contributed by atoms with E-state index in [9.17, 15) is 0 Å². The minimum atomic E-state index is 0.521. The molecule has 2 heteroatoms. The molecule has 1 fully saturated rings. The van der Waals surface area contributed by atoms with Crippen molar-refractivity contribution in [1.29, 1.82) is 0 Å². The summed E-state index contributed by atoms with van der Waals surface area (Å²) in [7, 11) is 1.81. The van der Waals surface area contributed by atoms with Crippen molar-refractivity contribution >= 4 is 0 Å². The van der Waals surface area contributed by atoms with Crippen LogP contribution < -0.4 is 10.1 Å². The predicted octanol–water partition coefficient (Wildman–Crippen LogP) is 3.31. The molecule has 1 saturated heterocycles. The third kappa shape index (κ3) is 1.93. The first-order chi connectivity index (χ1) is 8.81. The van der Waals surface area contributed by atoms with Crippen molar-refractivity contribution in [2.75, 3.05) is 13.7 Å². The van der Waals surface area contributed by atoms with Gasteiger partial charge in [-0.25, -0.2) is 0 Å². The van der Waals surface area contributed by atoms with Crippen molar-refractivity contribution in [3.8, 4) is 5.75 Å². The molecule has 1 unspecified atom stereocenters. The molecule has 3 rings (SSSR count). The second kappa shape index (κ2) is 4.93. The molecule has 1 heterocycles. The highest BCUT2D eigenvalue weighted by molar-refractivity contribution is 5.52. The smallest absolute Gasteiger partial charge is 0.124 e. The Morgan fingerprint density at radius 2 is 1.94 bits per heavy atom. The van der Waals surface area contributed by atoms with Crippen molar-refractivity contribution in [3.63, 3.8) is 0 Å². The molecule has 0 amide bonds. The largest absolute Gasteiger partial charge is 0.496 e. The zero-order valence-electron chi connectivity index (χ0n) is 11.5. The Bertz CT molecular complexity index is 447. The molecule has 18 heavy (non-hydrogen) atoms. The summed E-state index contributed by atoms with van der Waals surface area (Å²) in [4.78, 5) is 0. The van der Waals surface area contributed by atoms with Gasteiger partial charge in [0.25, 0.3) is 0 Å². The highest BCUT2D eigenvalue weighted by atomic mass is 16.5. The third-order valence-corrected chi connectivity index (χ3v) is 4.51. The Labute approximate surface area is 110 Å². The van der Waals surface area contributed by atoms with Crippen LogP contribution in [0.5, 0.6) is 5.75 Å². The number of hydrogen-bond donors (Lipinski definition) is 1. The summed E-state index contributed by atoms with van der Waals surface area (Å²) in [5.41, 5.74) is 6.09. The van der Waals surface area contributed by atoms with Crippen molar-refractivity contribution < 1.29 is 4.74 Å². The van der Waals surface area contributed by atoms with Gasteiger partial charge >= 0.3 is 0 Å². The molecule has 98 valence electrons. The van der Waals surface area contributed by atoms with E-state index in [-0.39, 0.29) is 0 Å². The van der Waals surface area contributed by atoms with Crippen LogP contribution in [0, 0.1) is 6.92 Å². The Morgan fingerprint density at radius 1 is 1.17 bits per heavy atom. The zero-order valence-corrected chi connectivity index (χ0v) is 11.5. The fourth-order valence-electron chi connectivity index (χ4n) is 3.63. The molecule has 1 atom stereocenters. The summed E-state index contributed by atoms with van der Waals surface area (Å²) < 4.78 is 5.66. The topological polar surface area (TPSA) is 21.3 Å². The standard InChI is InChI=1S/C16H23NO/c1-11-10-15(18-2)16(14-8-5-9-17-14)13-7-4-3-6-12(11)13/h10,14,17H,3-9H2,1-2H3. The van der Waals surface area contributed by atoms with Crippen molar-refractivity contribution in [2.24, 2.45) is 0 Å². The summed E-state index contributed by atoms with van der Waals surface area (Å²) in [5.74, 6) is 1.10. The van der Waals surface area contributed by atoms with E-state index in [1.165, 1.54) is 49.7 Å². The highest BCUT2D eigenvalue weighted by Crippen LogP contribution is 2.39. The van der Waals surface area contributed by atoms with E-state index < -0.39 is 0 Å². The molecule has 1 aliphatic heterocycles. The van der Waals surface area contributed by atoms with Crippen LogP contribution in [0.25, 0.3) is 0 Å². The quantitative estimate of drug-likeness (QED) is 0.863. The van der Waals surface area contributed by atoms with Gasteiger partial charge in [-0.05, 0) is 74.8 Å². The highest BCUT2D eigenvalue weighted by Gasteiger charge is 2.26. The van der Waals surface area contributed by atoms with E-state index in [0.29, 0.717) is 6.04 Å². The average molecular weight is 245 g/mol. The van der Waals surface area contributed by atoms with Crippen LogP contribution in [0.3, 0.4) is 0 Å². The van der Waals surface area contributed by atoms with E-state index in [1.807, 2.05) is 7.11 Å². The first-order valence-electron chi connectivity index (χ1n) is 7.24. The number of hydrogen-bond acceptors (Lipinski definition) is 2. The molecule has 1 aromatic rings. The fourth-order valence-corrected chi connectivity index (χ4v) is 3.63. The monoisotopic (exact) mass is 245 g/mol. The fraction of sp³-hybridized carbons (Fsp3) is 0.625. The van der Waals surface area contributed by atoms with E-state index in [4.69, 9.17) is 4.74 Å². The van der Waals surface area contributed by atoms with E-state index >= 15 is 0 Å². The van der Waals surface area contributed by atoms with E-state index in [2.05, 4.69) is 18.3 Å². The number of nitrogens with one attached hydrogen (secondary N) is 1. The first-order valence-corrected chi connectivity index (χ1v) is 7.24. The van der Waals surface area contributed by atoms with Gasteiger partial charge in [0.2, 0.25) is 0 Å². The number of methoxy groups -OCH3 is 1. The molecule has 0 saturated carbocycles. The Morgan fingerprint density at radius 3 is 2.61 bits per heavy atom. The predicted molar refractivity (Wildman–Crippen MR) is 74.4 cm³/mol. The summed E-state index contributed by atoms with van der Waals surface area (Å²) >= 11 is 0. The van der Waals surface area contributed by atoms with Crippen molar-refractivity contribution in [3.05, 3.63) is 28.3 Å². The lowest BCUT2D eigenvalue weighted by atomic mass is 9.82. The van der Waals surface area contributed by atoms with Gasteiger partial charge in [0.15, 0.2) is 0 Å². The molecular formula is C16H23NO. The molecule has 0 aromatic heterocycles. The molecule has 2 aliphatic rings. The van der Waals surface area contributed by atoms with Gasteiger partial charge in [-0.2, -0.15) is 0 Å². The van der Waals surface area contributed by atoms with Gasteiger partial charge in [-0.1, -0.05) is 0 Å². The molecule has 0 bridgehead atoms.